The van der Waals surface area contributed by atoms with Gasteiger partial charge in [0.2, 0.25) is 0 Å². The van der Waals surface area contributed by atoms with Gasteiger partial charge in [-0.2, -0.15) is 0 Å². The van der Waals surface area contributed by atoms with E-state index in [0.717, 1.165) is 21.9 Å². The predicted octanol–water partition coefficient (Wildman–Crippen LogP) is 4.26. The lowest BCUT2D eigenvalue weighted by Crippen LogP contribution is -2.22. The number of carbonyl (C=O) groups is 1. The van der Waals surface area contributed by atoms with Gasteiger partial charge in [-0.1, -0.05) is 58.4 Å². The number of para-hydroxylation sites is 1. The lowest BCUT2D eigenvalue weighted by molar-refractivity contribution is 0.0951. The lowest BCUT2D eigenvalue weighted by atomic mass is 10.1. The van der Waals surface area contributed by atoms with E-state index in [-0.39, 0.29) is 5.91 Å². The Balaban J connectivity index is 1.71. The molecule has 0 spiro atoms. The first kappa shape index (κ1) is 13.9. The molecular formula is C17H14BrNO2. The molecule has 1 heterocycles. The summed E-state index contributed by atoms with van der Waals surface area (Å²) in [6.45, 7) is 0.501. The Morgan fingerprint density at radius 2 is 1.76 bits per heavy atom. The van der Waals surface area contributed by atoms with Gasteiger partial charge in [-0.25, -0.2) is 0 Å². The molecule has 0 radical (unpaired) electrons. The lowest BCUT2D eigenvalue weighted by Gasteiger charge is -2.05. The van der Waals surface area contributed by atoms with Crippen molar-refractivity contribution in [1.29, 1.82) is 0 Å². The number of nitrogens with one attached hydrogen (secondary N) is 1. The van der Waals surface area contributed by atoms with Crippen LogP contribution in [0.1, 0.15) is 21.5 Å². The third kappa shape index (κ3) is 3.00. The number of carbonyl (C=O) groups excluding carboxylic acids is 1. The molecule has 4 heteroatoms. The van der Waals surface area contributed by atoms with Gasteiger partial charge in [-0.15, -0.1) is 0 Å². The summed E-state index contributed by atoms with van der Waals surface area (Å²) in [4.78, 5) is 12.2. The second kappa shape index (κ2) is 6.14. The van der Waals surface area contributed by atoms with Gasteiger partial charge in [0.05, 0.1) is 5.56 Å². The molecule has 0 aliphatic carbocycles. The maximum atomic E-state index is 12.2. The fourth-order valence-corrected chi connectivity index (χ4v) is 2.55. The molecule has 21 heavy (non-hydrogen) atoms. The number of hydrogen-bond donors (Lipinski definition) is 1. The van der Waals surface area contributed by atoms with Gasteiger partial charge in [0.25, 0.3) is 5.91 Å². The summed E-state index contributed by atoms with van der Waals surface area (Å²) in [7, 11) is 0. The van der Waals surface area contributed by atoms with E-state index in [2.05, 4.69) is 21.2 Å². The highest BCUT2D eigenvalue weighted by atomic mass is 79.9. The van der Waals surface area contributed by atoms with Crippen molar-refractivity contribution in [1.82, 2.24) is 5.32 Å². The monoisotopic (exact) mass is 343 g/mol. The molecule has 0 aliphatic rings. The van der Waals surface area contributed by atoms with Crippen LogP contribution >= 0.6 is 15.9 Å². The zero-order valence-corrected chi connectivity index (χ0v) is 12.9. The molecule has 0 aliphatic heterocycles. The van der Waals surface area contributed by atoms with E-state index in [1.165, 1.54) is 11.8 Å². The van der Waals surface area contributed by atoms with Crippen LogP contribution in [0, 0.1) is 0 Å². The highest BCUT2D eigenvalue weighted by molar-refractivity contribution is 9.08. The maximum absolute atomic E-state index is 12.2. The SMILES string of the molecule is O=C(NCc1ccc(CBr)cc1)c1coc2ccccc12. The van der Waals surface area contributed by atoms with Crippen LogP contribution in [0.2, 0.25) is 0 Å². The van der Waals surface area contributed by atoms with Crippen LogP contribution in [0.5, 0.6) is 0 Å². The number of amides is 1. The molecule has 0 bridgehead atoms. The first-order valence-corrected chi connectivity index (χ1v) is 7.78. The molecule has 0 saturated heterocycles. The van der Waals surface area contributed by atoms with Crippen LogP contribution in [0.15, 0.2) is 59.2 Å². The van der Waals surface area contributed by atoms with Crippen molar-refractivity contribution in [3.8, 4) is 0 Å². The normalized spacial score (nSPS) is 10.7. The maximum Gasteiger partial charge on any atom is 0.255 e. The van der Waals surface area contributed by atoms with Gasteiger partial charge in [-0.05, 0) is 17.2 Å². The Morgan fingerprint density at radius 3 is 2.52 bits per heavy atom. The molecule has 0 unspecified atom stereocenters. The fraction of sp³-hybridized carbons (Fsp3) is 0.118. The highest BCUT2D eigenvalue weighted by Gasteiger charge is 2.12. The van der Waals surface area contributed by atoms with Crippen LogP contribution in [-0.4, -0.2) is 5.91 Å². The zero-order chi connectivity index (χ0) is 14.7. The molecule has 0 saturated carbocycles. The van der Waals surface area contributed by atoms with Crippen LogP contribution in [-0.2, 0) is 11.9 Å². The molecule has 3 nitrogen and oxygen atoms in total. The summed E-state index contributed by atoms with van der Waals surface area (Å²) in [5, 5.41) is 4.59. The van der Waals surface area contributed by atoms with Gasteiger partial charge < -0.3 is 9.73 Å². The smallest absolute Gasteiger partial charge is 0.255 e. The number of halogens is 1. The number of rotatable bonds is 4. The zero-order valence-electron chi connectivity index (χ0n) is 11.3. The van der Waals surface area contributed by atoms with Crippen LogP contribution in [0.25, 0.3) is 11.0 Å². The van der Waals surface area contributed by atoms with Gasteiger partial charge >= 0.3 is 0 Å². The minimum atomic E-state index is -0.121. The summed E-state index contributed by atoms with van der Waals surface area (Å²) in [5.74, 6) is -0.121. The Labute approximate surface area is 131 Å². The van der Waals surface area contributed by atoms with E-state index in [1.54, 1.807) is 0 Å². The summed E-state index contributed by atoms with van der Waals surface area (Å²) in [6.07, 6.45) is 1.51. The number of furan rings is 1. The van der Waals surface area contributed by atoms with Crippen LogP contribution < -0.4 is 5.32 Å². The minimum absolute atomic E-state index is 0.121. The molecule has 106 valence electrons. The van der Waals surface area contributed by atoms with E-state index in [0.29, 0.717) is 12.1 Å². The Kier molecular flexibility index (Phi) is 4.06. The van der Waals surface area contributed by atoms with Crippen LogP contribution in [0.3, 0.4) is 0 Å². The Bertz CT molecular complexity index is 762. The molecule has 1 N–H and O–H groups in total. The first-order chi connectivity index (χ1) is 10.3. The molecule has 0 fully saturated rings. The number of hydrogen-bond acceptors (Lipinski definition) is 2. The molecule has 1 aromatic heterocycles. The van der Waals surface area contributed by atoms with Crippen molar-refractivity contribution in [2.75, 3.05) is 0 Å². The molecule has 3 aromatic rings. The Hall–Kier alpha value is -2.07. The summed E-state index contributed by atoms with van der Waals surface area (Å²) < 4.78 is 5.39. The molecule has 1 amide bonds. The topological polar surface area (TPSA) is 42.2 Å². The van der Waals surface area contributed by atoms with Gasteiger partial charge in [0.15, 0.2) is 0 Å². The van der Waals surface area contributed by atoms with Crippen molar-refractivity contribution in [3.63, 3.8) is 0 Å². The summed E-state index contributed by atoms with van der Waals surface area (Å²) in [6, 6.07) is 15.7. The summed E-state index contributed by atoms with van der Waals surface area (Å²) in [5.41, 5.74) is 3.58. The molecule has 2 aromatic carbocycles. The van der Waals surface area contributed by atoms with Gasteiger partial charge in [-0.3, -0.25) is 4.79 Å². The average Bonchev–Trinajstić information content (AvgIpc) is 2.97. The van der Waals surface area contributed by atoms with E-state index < -0.39 is 0 Å². The Morgan fingerprint density at radius 1 is 1.05 bits per heavy atom. The van der Waals surface area contributed by atoms with Crippen molar-refractivity contribution in [2.45, 2.75) is 11.9 Å². The third-order valence-electron chi connectivity index (χ3n) is 3.36. The summed E-state index contributed by atoms with van der Waals surface area (Å²) >= 11 is 3.41. The molecule has 0 atom stereocenters. The number of fused-ring (bicyclic) bond motifs is 1. The van der Waals surface area contributed by atoms with Crippen molar-refractivity contribution in [2.24, 2.45) is 0 Å². The van der Waals surface area contributed by atoms with E-state index in [1.807, 2.05) is 48.5 Å². The van der Waals surface area contributed by atoms with Gasteiger partial charge in [0, 0.05) is 17.3 Å². The van der Waals surface area contributed by atoms with Crippen LogP contribution in [0.4, 0.5) is 0 Å². The number of alkyl halides is 1. The number of benzene rings is 2. The second-order valence-electron chi connectivity index (χ2n) is 4.78. The first-order valence-electron chi connectivity index (χ1n) is 6.66. The standard InChI is InChI=1S/C17H14BrNO2/c18-9-12-5-7-13(8-6-12)10-19-17(20)15-11-21-16-4-2-1-3-14(15)16/h1-8,11H,9-10H2,(H,19,20). The quantitative estimate of drug-likeness (QED) is 0.719. The highest BCUT2D eigenvalue weighted by Crippen LogP contribution is 2.20. The van der Waals surface area contributed by atoms with E-state index in [9.17, 15) is 4.79 Å². The largest absolute Gasteiger partial charge is 0.463 e. The van der Waals surface area contributed by atoms with Crippen molar-refractivity contribution < 1.29 is 9.21 Å². The van der Waals surface area contributed by atoms with Crippen molar-refractivity contribution >= 4 is 32.8 Å². The van der Waals surface area contributed by atoms with E-state index in [4.69, 9.17) is 4.42 Å². The predicted molar refractivity (Wildman–Crippen MR) is 86.5 cm³/mol. The third-order valence-corrected chi connectivity index (χ3v) is 4.00. The molecule has 3 rings (SSSR count). The van der Waals surface area contributed by atoms with Gasteiger partial charge in [0.1, 0.15) is 11.8 Å². The second-order valence-corrected chi connectivity index (χ2v) is 5.34. The van der Waals surface area contributed by atoms with E-state index >= 15 is 0 Å². The minimum Gasteiger partial charge on any atom is -0.463 e. The fourth-order valence-electron chi connectivity index (χ4n) is 2.18. The average molecular weight is 344 g/mol. The molecular weight excluding hydrogens is 330 g/mol. The van der Waals surface area contributed by atoms with Crippen molar-refractivity contribution in [3.05, 3.63) is 71.5 Å².